The van der Waals surface area contributed by atoms with E-state index in [1.165, 1.54) is 10.4 Å². The van der Waals surface area contributed by atoms with E-state index < -0.39 is 33.8 Å². The molecule has 1 aromatic heterocycles. The van der Waals surface area contributed by atoms with E-state index >= 15 is 0 Å². The molecule has 198 valence electrons. The molecule has 0 bridgehead atoms. The zero-order valence-electron chi connectivity index (χ0n) is 19.3. The molecule has 2 heterocycles. The van der Waals surface area contributed by atoms with Crippen molar-refractivity contribution in [3.8, 4) is 0 Å². The highest BCUT2D eigenvalue weighted by Gasteiger charge is 2.40. The van der Waals surface area contributed by atoms with Crippen LogP contribution in [-0.2, 0) is 19.5 Å². The zero-order chi connectivity index (χ0) is 27.0. The van der Waals surface area contributed by atoms with Crippen LogP contribution in [0.25, 0.3) is 10.9 Å². The van der Waals surface area contributed by atoms with Gasteiger partial charge in [0.2, 0.25) is 10.0 Å². The molecule has 2 N–H and O–H groups in total. The molecule has 1 atom stereocenters. The third-order valence-corrected chi connectivity index (χ3v) is 7.86. The van der Waals surface area contributed by atoms with Crippen LogP contribution >= 0.6 is 11.6 Å². The molecule has 0 amide bonds. The van der Waals surface area contributed by atoms with Crippen molar-refractivity contribution in [2.75, 3.05) is 38.7 Å². The van der Waals surface area contributed by atoms with Gasteiger partial charge in [0.05, 0.1) is 42.8 Å². The van der Waals surface area contributed by atoms with E-state index in [9.17, 15) is 31.5 Å². The number of aliphatic hydroxyl groups is 1. The number of methoxy groups -OCH3 is 1. The van der Waals surface area contributed by atoms with Crippen molar-refractivity contribution in [2.45, 2.75) is 17.2 Å². The van der Waals surface area contributed by atoms with E-state index in [1.807, 2.05) is 0 Å². The predicted molar refractivity (Wildman–Crippen MR) is 128 cm³/mol. The number of hydrogen-bond acceptors (Lipinski definition) is 8. The predicted octanol–water partition coefficient (Wildman–Crippen LogP) is 4.04. The summed E-state index contributed by atoms with van der Waals surface area (Å²) in [4.78, 5) is 16.5. The molecule has 2 aromatic carbocycles. The number of anilines is 2. The number of benzene rings is 2. The maximum atomic E-state index is 13.6. The van der Waals surface area contributed by atoms with Crippen molar-refractivity contribution < 1.29 is 41.0 Å². The first kappa shape index (κ1) is 27.1. The van der Waals surface area contributed by atoms with Crippen molar-refractivity contribution in [3.05, 3.63) is 58.7 Å². The minimum absolute atomic E-state index is 0.00765. The first-order valence-electron chi connectivity index (χ1n) is 10.8. The van der Waals surface area contributed by atoms with Crippen molar-refractivity contribution in [1.82, 2.24) is 9.29 Å². The Kier molecular flexibility index (Phi) is 7.62. The van der Waals surface area contributed by atoms with E-state index in [2.05, 4.69) is 10.3 Å². The summed E-state index contributed by atoms with van der Waals surface area (Å²) in [5.74, 6) is -1.01. The van der Waals surface area contributed by atoms with E-state index in [1.54, 1.807) is 12.1 Å². The fraction of sp³-hybridized carbons (Fsp3) is 0.304. The Morgan fingerprint density at radius 1 is 1.22 bits per heavy atom. The average Bonchev–Trinajstić information content (AvgIpc) is 2.88. The number of nitrogens with zero attached hydrogens (tertiary/aromatic N) is 2. The molecule has 0 aliphatic carbocycles. The number of esters is 1. The molecular weight excluding hydrogens is 539 g/mol. The molecule has 1 unspecified atom stereocenters. The average molecular weight is 560 g/mol. The summed E-state index contributed by atoms with van der Waals surface area (Å²) in [6.45, 7) is 0.605. The van der Waals surface area contributed by atoms with Crippen LogP contribution in [-0.4, -0.2) is 68.4 Å². The molecule has 1 aliphatic rings. The Bertz CT molecular complexity index is 1450. The first-order valence-corrected chi connectivity index (χ1v) is 12.7. The Labute approximate surface area is 214 Å². The van der Waals surface area contributed by atoms with Crippen LogP contribution in [0.3, 0.4) is 0 Å². The Balaban J connectivity index is 1.90. The fourth-order valence-corrected chi connectivity index (χ4v) is 5.53. The number of sulfonamides is 1. The number of alkyl halides is 3. The van der Waals surface area contributed by atoms with Crippen molar-refractivity contribution in [2.24, 2.45) is 0 Å². The molecule has 9 nitrogen and oxygen atoms in total. The second-order valence-electron chi connectivity index (χ2n) is 8.04. The van der Waals surface area contributed by atoms with Crippen LogP contribution in [0.2, 0.25) is 5.02 Å². The van der Waals surface area contributed by atoms with E-state index in [-0.39, 0.29) is 58.5 Å². The Morgan fingerprint density at radius 2 is 1.92 bits per heavy atom. The summed E-state index contributed by atoms with van der Waals surface area (Å²) in [5.41, 5.74) is -0.632. The van der Waals surface area contributed by atoms with Crippen LogP contribution in [0, 0.1) is 0 Å². The summed E-state index contributed by atoms with van der Waals surface area (Å²) in [6.07, 6.45) is -6.66. The van der Waals surface area contributed by atoms with E-state index in [0.717, 1.165) is 31.5 Å². The third-order valence-electron chi connectivity index (χ3n) is 5.72. The van der Waals surface area contributed by atoms with Crippen molar-refractivity contribution >= 4 is 49.9 Å². The van der Waals surface area contributed by atoms with E-state index in [4.69, 9.17) is 21.1 Å². The second-order valence-corrected chi connectivity index (χ2v) is 10.4. The molecule has 1 aliphatic heterocycles. The summed E-state index contributed by atoms with van der Waals surface area (Å²) in [6, 6.07) is 7.53. The number of carbonyl (C=O) groups is 1. The lowest BCUT2D eigenvalue weighted by atomic mass is 10.0. The highest BCUT2D eigenvalue weighted by Crippen LogP contribution is 2.38. The number of hydrogen-bond donors (Lipinski definition) is 2. The number of ether oxygens (including phenoxy) is 2. The smallest absolute Gasteiger partial charge is 0.418 e. The Hall–Kier alpha value is -2.97. The SMILES string of the molecule is COC(=O)c1cc(C(O)C(F)(F)F)ccc1Nc1c(S(=O)(=O)N2CCOCC2)cnc2ccc(Cl)cc12. The summed E-state index contributed by atoms with van der Waals surface area (Å²) in [7, 11) is -3.08. The van der Waals surface area contributed by atoms with Crippen LogP contribution in [0.15, 0.2) is 47.5 Å². The van der Waals surface area contributed by atoms with Gasteiger partial charge in [0, 0.05) is 29.7 Å². The number of fused-ring (bicyclic) bond motifs is 1. The molecular formula is C23H21ClF3N3O6S. The molecule has 1 fully saturated rings. The number of aromatic nitrogens is 1. The summed E-state index contributed by atoms with van der Waals surface area (Å²) >= 11 is 6.17. The highest BCUT2D eigenvalue weighted by atomic mass is 35.5. The summed E-state index contributed by atoms with van der Waals surface area (Å²) in [5, 5.41) is 13.1. The van der Waals surface area contributed by atoms with Gasteiger partial charge in [0.15, 0.2) is 6.10 Å². The fourth-order valence-electron chi connectivity index (χ4n) is 3.84. The van der Waals surface area contributed by atoms with E-state index in [0.29, 0.717) is 5.52 Å². The molecule has 14 heteroatoms. The quantitative estimate of drug-likeness (QED) is 0.435. The maximum Gasteiger partial charge on any atom is 0.418 e. The van der Waals surface area contributed by atoms with Gasteiger partial charge < -0.3 is 19.9 Å². The maximum absolute atomic E-state index is 13.6. The number of pyridine rings is 1. The van der Waals surface area contributed by atoms with Gasteiger partial charge in [-0.05, 0) is 35.9 Å². The lowest BCUT2D eigenvalue weighted by Crippen LogP contribution is -2.40. The second kappa shape index (κ2) is 10.4. The van der Waals surface area contributed by atoms with Crippen LogP contribution < -0.4 is 5.32 Å². The minimum Gasteiger partial charge on any atom is -0.465 e. The highest BCUT2D eigenvalue weighted by molar-refractivity contribution is 7.89. The van der Waals surface area contributed by atoms with Gasteiger partial charge in [0.25, 0.3) is 0 Å². The van der Waals surface area contributed by atoms with Gasteiger partial charge in [-0.25, -0.2) is 13.2 Å². The van der Waals surface area contributed by atoms with Gasteiger partial charge >= 0.3 is 12.1 Å². The first-order chi connectivity index (χ1) is 17.4. The van der Waals surface area contributed by atoms with Gasteiger partial charge in [-0.2, -0.15) is 17.5 Å². The van der Waals surface area contributed by atoms with Gasteiger partial charge in [-0.1, -0.05) is 17.7 Å². The largest absolute Gasteiger partial charge is 0.465 e. The summed E-state index contributed by atoms with van der Waals surface area (Å²) < 4.78 is 77.6. The van der Waals surface area contributed by atoms with Gasteiger partial charge in [-0.3, -0.25) is 4.98 Å². The molecule has 37 heavy (non-hydrogen) atoms. The molecule has 3 aromatic rings. The Morgan fingerprint density at radius 3 is 2.57 bits per heavy atom. The molecule has 0 radical (unpaired) electrons. The van der Waals surface area contributed by atoms with Crippen LogP contribution in [0.5, 0.6) is 0 Å². The lowest BCUT2D eigenvalue weighted by Gasteiger charge is -2.27. The van der Waals surface area contributed by atoms with Crippen molar-refractivity contribution in [3.63, 3.8) is 0 Å². The lowest BCUT2D eigenvalue weighted by molar-refractivity contribution is -0.206. The van der Waals surface area contributed by atoms with Gasteiger partial charge in [0.1, 0.15) is 4.90 Å². The molecule has 0 saturated carbocycles. The molecule has 0 spiro atoms. The molecule has 1 saturated heterocycles. The number of aliphatic hydroxyl groups excluding tert-OH is 1. The standard InChI is InChI=1S/C23H21ClF3N3O6S/c1-35-22(32)16-10-13(21(31)23(25,26)27)2-4-18(16)29-20-15-11-14(24)3-5-17(15)28-12-19(20)37(33,34)30-6-8-36-9-7-30/h2-5,10-12,21,31H,6-9H2,1H3,(H,28,29). The number of rotatable bonds is 6. The van der Waals surface area contributed by atoms with Crippen molar-refractivity contribution in [1.29, 1.82) is 0 Å². The number of halogens is 4. The molecule has 4 rings (SSSR count). The van der Waals surface area contributed by atoms with Crippen LogP contribution in [0.4, 0.5) is 24.5 Å². The normalized spacial score (nSPS) is 15.9. The van der Waals surface area contributed by atoms with Crippen LogP contribution in [0.1, 0.15) is 22.0 Å². The third kappa shape index (κ3) is 5.50. The number of carbonyl (C=O) groups excluding carboxylic acids is 1. The van der Waals surface area contributed by atoms with Gasteiger partial charge in [-0.15, -0.1) is 0 Å². The number of morpholine rings is 1. The minimum atomic E-state index is -4.97. The topological polar surface area (TPSA) is 118 Å². The monoisotopic (exact) mass is 559 g/mol. The number of nitrogens with one attached hydrogen (secondary N) is 1. The zero-order valence-corrected chi connectivity index (χ0v) is 20.8.